The van der Waals surface area contributed by atoms with Gasteiger partial charge < -0.3 is 9.80 Å². The summed E-state index contributed by atoms with van der Waals surface area (Å²) >= 11 is 0. The maximum atomic E-state index is 12.8. The summed E-state index contributed by atoms with van der Waals surface area (Å²) in [5.74, 6) is 0.341. The summed E-state index contributed by atoms with van der Waals surface area (Å²) in [6.45, 7) is 10.0. The van der Waals surface area contributed by atoms with Crippen LogP contribution in [-0.4, -0.2) is 97.0 Å². The van der Waals surface area contributed by atoms with Crippen LogP contribution in [0, 0.1) is 0 Å². The molecule has 29 heavy (non-hydrogen) atoms. The van der Waals surface area contributed by atoms with Gasteiger partial charge in [-0.3, -0.25) is 14.6 Å². The van der Waals surface area contributed by atoms with Gasteiger partial charge in [0.15, 0.2) is 0 Å². The number of hydrogen-bond donors (Lipinski definition) is 0. The Morgan fingerprint density at radius 2 is 1.48 bits per heavy atom. The Bertz CT molecular complexity index is 615. The Morgan fingerprint density at radius 3 is 2.17 bits per heavy atom. The van der Waals surface area contributed by atoms with Gasteiger partial charge in [-0.15, -0.1) is 0 Å². The Morgan fingerprint density at radius 1 is 0.828 bits per heavy atom. The SMILES string of the molecule is O=C(CN1CCN(CCCc2ccccc2)CC1)N1CCN(C2CCCC2)CC1. The van der Waals surface area contributed by atoms with E-state index in [0.29, 0.717) is 12.5 Å². The maximum Gasteiger partial charge on any atom is 0.236 e. The first-order valence-corrected chi connectivity index (χ1v) is 11.8. The van der Waals surface area contributed by atoms with Crippen LogP contribution >= 0.6 is 0 Å². The third kappa shape index (κ3) is 6.03. The van der Waals surface area contributed by atoms with Crippen molar-refractivity contribution in [3.05, 3.63) is 35.9 Å². The van der Waals surface area contributed by atoms with Crippen LogP contribution in [0.1, 0.15) is 37.7 Å². The summed E-state index contributed by atoms with van der Waals surface area (Å²) < 4.78 is 0. The lowest BCUT2D eigenvalue weighted by molar-refractivity contribution is -0.135. The van der Waals surface area contributed by atoms with Crippen LogP contribution in [0.5, 0.6) is 0 Å². The molecule has 1 saturated carbocycles. The zero-order valence-corrected chi connectivity index (χ0v) is 18.0. The first-order valence-electron chi connectivity index (χ1n) is 11.8. The van der Waals surface area contributed by atoms with Gasteiger partial charge in [-0.1, -0.05) is 43.2 Å². The standard InChI is InChI=1S/C24H38N4O/c29-24(28-19-17-27(18-20-28)23-10-4-5-11-23)21-26-15-13-25(14-16-26)12-6-9-22-7-2-1-3-8-22/h1-3,7-8,23H,4-6,9-21H2. The van der Waals surface area contributed by atoms with E-state index in [-0.39, 0.29) is 0 Å². The van der Waals surface area contributed by atoms with Gasteiger partial charge in [0.25, 0.3) is 0 Å². The highest BCUT2D eigenvalue weighted by Gasteiger charge is 2.28. The molecule has 5 nitrogen and oxygen atoms in total. The summed E-state index contributed by atoms with van der Waals surface area (Å²) in [6, 6.07) is 11.6. The molecule has 1 aromatic carbocycles. The van der Waals surface area contributed by atoms with E-state index >= 15 is 0 Å². The normalized spacial score (nSPS) is 23.0. The summed E-state index contributed by atoms with van der Waals surface area (Å²) in [6.07, 6.45) is 7.89. The van der Waals surface area contributed by atoms with Crippen LogP contribution in [-0.2, 0) is 11.2 Å². The van der Waals surface area contributed by atoms with Gasteiger partial charge in [0.1, 0.15) is 0 Å². The molecule has 3 fully saturated rings. The number of benzene rings is 1. The van der Waals surface area contributed by atoms with Crippen LogP contribution in [0.2, 0.25) is 0 Å². The minimum Gasteiger partial charge on any atom is -0.339 e. The first-order chi connectivity index (χ1) is 14.3. The molecule has 5 heteroatoms. The average Bonchev–Trinajstić information content (AvgIpc) is 3.31. The monoisotopic (exact) mass is 398 g/mol. The summed E-state index contributed by atoms with van der Waals surface area (Å²) in [5, 5.41) is 0. The van der Waals surface area contributed by atoms with Crippen LogP contribution < -0.4 is 0 Å². The van der Waals surface area contributed by atoms with Crippen molar-refractivity contribution in [3.63, 3.8) is 0 Å². The molecule has 0 spiro atoms. The highest BCUT2D eigenvalue weighted by atomic mass is 16.2. The Balaban J connectivity index is 1.10. The minimum atomic E-state index is 0.341. The molecule has 0 radical (unpaired) electrons. The molecular formula is C24H38N4O. The molecule has 4 rings (SSSR count). The van der Waals surface area contributed by atoms with Crippen LogP contribution in [0.25, 0.3) is 0 Å². The Labute approximate surface area is 176 Å². The number of carbonyl (C=O) groups is 1. The van der Waals surface area contributed by atoms with E-state index in [0.717, 1.165) is 64.8 Å². The molecule has 2 heterocycles. The van der Waals surface area contributed by atoms with E-state index in [2.05, 4.69) is 49.9 Å². The molecule has 2 aliphatic heterocycles. The molecule has 1 amide bonds. The predicted octanol–water partition coefficient (Wildman–Crippen LogP) is 2.32. The average molecular weight is 399 g/mol. The smallest absolute Gasteiger partial charge is 0.236 e. The topological polar surface area (TPSA) is 30.0 Å². The number of piperazine rings is 2. The molecule has 160 valence electrons. The fourth-order valence-corrected chi connectivity index (χ4v) is 5.22. The molecule has 0 atom stereocenters. The van der Waals surface area contributed by atoms with Crippen molar-refractivity contribution < 1.29 is 4.79 Å². The van der Waals surface area contributed by atoms with Crippen molar-refractivity contribution in [2.45, 2.75) is 44.6 Å². The molecule has 0 unspecified atom stereocenters. The molecular weight excluding hydrogens is 360 g/mol. The van der Waals surface area contributed by atoms with Gasteiger partial charge in [0.05, 0.1) is 6.54 Å². The van der Waals surface area contributed by atoms with Crippen LogP contribution in [0.4, 0.5) is 0 Å². The highest BCUT2D eigenvalue weighted by Crippen LogP contribution is 2.24. The van der Waals surface area contributed by atoms with E-state index < -0.39 is 0 Å². The van der Waals surface area contributed by atoms with Crippen molar-refractivity contribution in [3.8, 4) is 0 Å². The quantitative estimate of drug-likeness (QED) is 0.705. The van der Waals surface area contributed by atoms with Gasteiger partial charge in [-0.2, -0.15) is 0 Å². The molecule has 1 aromatic rings. The number of nitrogens with zero attached hydrogens (tertiary/aromatic N) is 4. The minimum absolute atomic E-state index is 0.341. The second kappa shape index (κ2) is 10.6. The second-order valence-electron chi connectivity index (χ2n) is 9.06. The number of hydrogen-bond acceptors (Lipinski definition) is 4. The molecule has 3 aliphatic rings. The number of carbonyl (C=O) groups excluding carboxylic acids is 1. The van der Waals surface area contributed by atoms with E-state index in [9.17, 15) is 4.79 Å². The lowest BCUT2D eigenvalue weighted by Crippen LogP contribution is -2.55. The fourth-order valence-electron chi connectivity index (χ4n) is 5.22. The summed E-state index contributed by atoms with van der Waals surface area (Å²) in [7, 11) is 0. The van der Waals surface area contributed by atoms with E-state index in [1.165, 1.54) is 44.2 Å². The first kappa shape index (κ1) is 20.8. The lowest BCUT2D eigenvalue weighted by atomic mass is 10.1. The van der Waals surface area contributed by atoms with E-state index in [4.69, 9.17) is 0 Å². The lowest BCUT2D eigenvalue weighted by Gasteiger charge is -2.39. The molecule has 0 bridgehead atoms. The van der Waals surface area contributed by atoms with E-state index in [1.807, 2.05) is 0 Å². The predicted molar refractivity (Wildman–Crippen MR) is 118 cm³/mol. The second-order valence-corrected chi connectivity index (χ2v) is 9.06. The Kier molecular flexibility index (Phi) is 7.58. The van der Waals surface area contributed by atoms with Crippen molar-refractivity contribution in [2.24, 2.45) is 0 Å². The van der Waals surface area contributed by atoms with Crippen molar-refractivity contribution >= 4 is 5.91 Å². The third-order valence-electron chi connectivity index (χ3n) is 7.11. The molecule has 0 aromatic heterocycles. The van der Waals surface area contributed by atoms with Gasteiger partial charge in [0.2, 0.25) is 5.91 Å². The molecule has 2 saturated heterocycles. The van der Waals surface area contributed by atoms with Crippen molar-refractivity contribution in [2.75, 3.05) is 65.4 Å². The molecule has 1 aliphatic carbocycles. The van der Waals surface area contributed by atoms with E-state index in [1.54, 1.807) is 0 Å². The number of amides is 1. The van der Waals surface area contributed by atoms with Crippen molar-refractivity contribution in [1.82, 2.24) is 19.6 Å². The van der Waals surface area contributed by atoms with Gasteiger partial charge >= 0.3 is 0 Å². The number of aryl methyl sites for hydroxylation is 1. The van der Waals surface area contributed by atoms with Crippen LogP contribution in [0.3, 0.4) is 0 Å². The van der Waals surface area contributed by atoms with Crippen molar-refractivity contribution in [1.29, 1.82) is 0 Å². The zero-order chi connectivity index (χ0) is 19.9. The highest BCUT2D eigenvalue weighted by molar-refractivity contribution is 5.78. The maximum absolute atomic E-state index is 12.8. The Hall–Kier alpha value is -1.43. The zero-order valence-electron chi connectivity index (χ0n) is 18.0. The third-order valence-corrected chi connectivity index (χ3v) is 7.11. The van der Waals surface area contributed by atoms with Gasteiger partial charge in [-0.25, -0.2) is 0 Å². The van der Waals surface area contributed by atoms with Gasteiger partial charge in [-0.05, 0) is 37.8 Å². The summed E-state index contributed by atoms with van der Waals surface area (Å²) in [4.78, 5) is 22.4. The number of rotatable bonds is 7. The van der Waals surface area contributed by atoms with Gasteiger partial charge in [0, 0.05) is 58.4 Å². The fraction of sp³-hybridized carbons (Fsp3) is 0.708. The largest absolute Gasteiger partial charge is 0.339 e. The molecule has 0 N–H and O–H groups in total. The van der Waals surface area contributed by atoms with Crippen LogP contribution in [0.15, 0.2) is 30.3 Å². The summed E-state index contributed by atoms with van der Waals surface area (Å²) in [5.41, 5.74) is 1.43.